The third kappa shape index (κ3) is 12.9. The third-order valence-electron chi connectivity index (χ3n) is 11.4. The van der Waals surface area contributed by atoms with Gasteiger partial charge >= 0.3 is 0 Å². The van der Waals surface area contributed by atoms with Gasteiger partial charge in [0.2, 0.25) is 11.9 Å². The largest absolute Gasteiger partial charge is 0.369 e. The molecule has 0 aliphatic carbocycles. The molecule has 4 heterocycles. The van der Waals surface area contributed by atoms with E-state index < -0.39 is 19.7 Å². The van der Waals surface area contributed by atoms with E-state index in [9.17, 15) is 16.8 Å². The number of nitrogens with one attached hydrogen (secondary N) is 4. The van der Waals surface area contributed by atoms with Crippen LogP contribution >= 0.6 is 0 Å². The van der Waals surface area contributed by atoms with Crippen molar-refractivity contribution < 1.29 is 16.8 Å². The summed E-state index contributed by atoms with van der Waals surface area (Å²) < 4.78 is 48.5. The van der Waals surface area contributed by atoms with Gasteiger partial charge in [-0.15, -0.1) is 0 Å². The fourth-order valence-corrected chi connectivity index (χ4v) is 9.42. The highest BCUT2D eigenvalue weighted by atomic mass is 32.2. The van der Waals surface area contributed by atoms with Crippen LogP contribution in [0.5, 0.6) is 0 Å². The molecule has 2 fully saturated rings. The van der Waals surface area contributed by atoms with Crippen LogP contribution in [0.4, 0.5) is 57.7 Å². The maximum absolute atomic E-state index is 12.4. The summed E-state index contributed by atoms with van der Waals surface area (Å²) in [6, 6.07) is 30.1. The zero-order valence-corrected chi connectivity index (χ0v) is 40.1. The van der Waals surface area contributed by atoms with E-state index in [0.29, 0.717) is 46.2 Å². The van der Waals surface area contributed by atoms with Crippen LogP contribution in [0.3, 0.4) is 0 Å². The van der Waals surface area contributed by atoms with Gasteiger partial charge in [0.25, 0.3) is 0 Å². The van der Waals surface area contributed by atoms with Gasteiger partial charge in [-0.3, -0.25) is 0 Å². The first kappa shape index (κ1) is 47.6. The van der Waals surface area contributed by atoms with E-state index in [1.54, 1.807) is 54.9 Å². The van der Waals surface area contributed by atoms with E-state index in [2.05, 4.69) is 99.2 Å². The molecule has 18 heteroatoms. The molecule has 2 aromatic heterocycles. The van der Waals surface area contributed by atoms with Gasteiger partial charge in [0.1, 0.15) is 11.6 Å². The molecule has 0 unspecified atom stereocenters. The second-order valence-electron chi connectivity index (χ2n) is 16.8. The van der Waals surface area contributed by atoms with Crippen molar-refractivity contribution >= 4 is 77.3 Å². The second kappa shape index (κ2) is 21.3. The van der Waals surface area contributed by atoms with Gasteiger partial charge in [-0.25, -0.2) is 26.8 Å². The average molecular weight is 933 g/mol. The molecule has 6 aromatic rings. The molecular weight excluding hydrogens is 873 g/mol. The lowest BCUT2D eigenvalue weighted by atomic mass is 10.2. The fourth-order valence-electron chi connectivity index (χ4n) is 7.39. The van der Waals surface area contributed by atoms with Crippen molar-refractivity contribution in [3.05, 3.63) is 121 Å². The molecule has 2 aliphatic heterocycles. The molecule has 4 aromatic carbocycles. The van der Waals surface area contributed by atoms with Gasteiger partial charge in [0.15, 0.2) is 19.7 Å². The summed E-state index contributed by atoms with van der Waals surface area (Å²) in [4.78, 5) is 28.0. The van der Waals surface area contributed by atoms with Crippen LogP contribution < -0.4 is 31.1 Å². The Kier molecular flexibility index (Phi) is 15.4. The average Bonchev–Trinajstić information content (AvgIpc) is 3.30. The van der Waals surface area contributed by atoms with Crippen molar-refractivity contribution in [3.8, 4) is 0 Å². The van der Waals surface area contributed by atoms with Gasteiger partial charge in [-0.05, 0) is 119 Å². The minimum Gasteiger partial charge on any atom is -0.369 e. The van der Waals surface area contributed by atoms with Crippen LogP contribution in [0.15, 0.2) is 119 Å². The maximum Gasteiger partial charge on any atom is 0.229 e. The summed E-state index contributed by atoms with van der Waals surface area (Å²) in [6.45, 7) is 14.1. The van der Waals surface area contributed by atoms with Crippen molar-refractivity contribution in [2.75, 3.05) is 110 Å². The van der Waals surface area contributed by atoms with E-state index in [1.165, 1.54) is 17.6 Å². The van der Waals surface area contributed by atoms with Crippen LogP contribution in [0.1, 0.15) is 24.5 Å². The molecule has 16 nitrogen and oxygen atoms in total. The van der Waals surface area contributed by atoms with Crippen molar-refractivity contribution in [2.24, 2.45) is 0 Å². The Bertz CT molecular complexity index is 2800. The number of rotatable bonds is 14. The minimum atomic E-state index is -3.29. The summed E-state index contributed by atoms with van der Waals surface area (Å²) in [7, 11) is -2.27. The topological polar surface area (TPSA) is 181 Å². The summed E-state index contributed by atoms with van der Waals surface area (Å²) in [5, 5.41) is 13.0. The number of aryl methyl sites for hydroxylation is 2. The lowest BCUT2D eigenvalue weighted by Crippen LogP contribution is -2.44. The Morgan fingerprint density at radius 1 is 0.530 bits per heavy atom. The highest BCUT2D eigenvalue weighted by molar-refractivity contribution is 7.91. The fraction of sp³-hybridized carbons (Fsp3) is 0.333. The molecule has 8 rings (SSSR count). The van der Waals surface area contributed by atoms with Gasteiger partial charge in [0.05, 0.1) is 15.5 Å². The molecule has 0 spiro atoms. The number of benzene rings is 4. The molecule has 2 aliphatic rings. The first-order valence-electron chi connectivity index (χ1n) is 22.1. The van der Waals surface area contributed by atoms with Crippen molar-refractivity contribution in [3.63, 3.8) is 0 Å². The number of likely N-dealkylation sites (N-methyl/N-ethyl adjacent to an activating group) is 2. The van der Waals surface area contributed by atoms with Crippen LogP contribution in [0, 0.1) is 13.8 Å². The molecule has 2 saturated heterocycles. The molecule has 0 saturated carbocycles. The summed E-state index contributed by atoms with van der Waals surface area (Å²) in [5.41, 5.74) is 7.25. The first-order valence-corrected chi connectivity index (χ1v) is 25.6. The lowest BCUT2D eigenvalue weighted by molar-refractivity contribution is 0.313. The monoisotopic (exact) mass is 932 g/mol. The Morgan fingerprint density at radius 2 is 0.939 bits per heavy atom. The van der Waals surface area contributed by atoms with Crippen LogP contribution in [0.25, 0.3) is 0 Å². The summed E-state index contributed by atoms with van der Waals surface area (Å²) in [5.74, 6) is 2.30. The van der Waals surface area contributed by atoms with Crippen LogP contribution in [-0.4, -0.2) is 125 Å². The molecule has 0 radical (unpaired) electrons. The molecule has 0 bridgehead atoms. The number of sulfone groups is 2. The van der Waals surface area contributed by atoms with Gasteiger partial charge in [-0.2, -0.15) is 9.97 Å². The highest BCUT2D eigenvalue weighted by Crippen LogP contribution is 2.27. The number of anilines is 10. The molecular formula is C48H60N12O4S2. The van der Waals surface area contributed by atoms with E-state index >= 15 is 0 Å². The van der Waals surface area contributed by atoms with Gasteiger partial charge < -0.3 is 40.9 Å². The molecule has 0 amide bonds. The van der Waals surface area contributed by atoms with Crippen LogP contribution in [-0.2, 0) is 19.7 Å². The van der Waals surface area contributed by atoms with Crippen molar-refractivity contribution in [1.82, 2.24) is 29.7 Å². The van der Waals surface area contributed by atoms with Crippen LogP contribution in [0.2, 0.25) is 0 Å². The highest BCUT2D eigenvalue weighted by Gasteiger charge is 2.17. The zero-order valence-electron chi connectivity index (χ0n) is 38.5. The number of hydrogen-bond donors (Lipinski definition) is 4. The molecule has 348 valence electrons. The predicted octanol–water partition coefficient (Wildman–Crippen LogP) is 7.64. The van der Waals surface area contributed by atoms with E-state index in [4.69, 9.17) is 0 Å². The standard InChI is InChI=1S/C25H32N6O2S.C23H28N6O2S/c1-4-16-34(32,33)23-7-5-6-21(17-23)27-24-19(2)18-26-25(29-24)28-20-8-10-22(11-9-20)31-14-12-30(3)13-15-31;1-17-16-24-23(27-22(17)25-19-5-4-6-21(15-19)32(3,30)31)26-18-7-9-20(10-8-18)29-13-11-28(2)12-14-29/h5-11,17-18H,4,12-16H2,1-3H3,(H2,26,27,28,29);4-10,15-16H,11-14H2,1-3H3,(H2,24,25,26,27). The molecule has 0 atom stereocenters. The smallest absolute Gasteiger partial charge is 0.229 e. The lowest BCUT2D eigenvalue weighted by Gasteiger charge is -2.34. The van der Waals surface area contributed by atoms with Crippen molar-refractivity contribution in [1.29, 1.82) is 0 Å². The third-order valence-corrected chi connectivity index (χ3v) is 14.4. The molecule has 4 N–H and O–H groups in total. The Labute approximate surface area is 389 Å². The zero-order chi connectivity index (χ0) is 46.8. The van der Waals surface area contributed by atoms with Crippen molar-refractivity contribution in [2.45, 2.75) is 37.0 Å². The SMILES string of the molecule is CCCS(=O)(=O)c1cccc(Nc2nc(Nc3ccc(N4CCN(C)CC4)cc3)ncc2C)c1.Cc1cnc(Nc2ccc(N3CCN(C)CC3)cc2)nc1Nc1cccc(S(C)(=O)=O)c1. The molecule has 66 heavy (non-hydrogen) atoms. The second-order valence-corrected chi connectivity index (χ2v) is 20.9. The minimum absolute atomic E-state index is 0.130. The number of aromatic nitrogens is 4. The predicted molar refractivity (Wildman–Crippen MR) is 267 cm³/mol. The van der Waals surface area contributed by atoms with Gasteiger partial charge in [-0.1, -0.05) is 19.1 Å². The Hall–Kier alpha value is -6.34. The van der Waals surface area contributed by atoms with E-state index in [1.807, 2.05) is 51.1 Å². The first-order chi connectivity index (χ1) is 31.6. The number of hydrogen-bond acceptors (Lipinski definition) is 16. The Morgan fingerprint density at radius 3 is 1.35 bits per heavy atom. The Balaban J connectivity index is 0.000000197. The summed E-state index contributed by atoms with van der Waals surface area (Å²) in [6.07, 6.45) is 5.25. The summed E-state index contributed by atoms with van der Waals surface area (Å²) >= 11 is 0. The number of piperazine rings is 2. The maximum atomic E-state index is 12.4. The van der Waals surface area contributed by atoms with Gasteiger partial charge in [0, 0.05) is 116 Å². The number of nitrogens with zero attached hydrogens (tertiary/aromatic N) is 8. The van der Waals surface area contributed by atoms with E-state index in [0.717, 1.165) is 74.9 Å². The quantitative estimate of drug-likeness (QED) is 0.0836. The van der Waals surface area contributed by atoms with E-state index in [-0.39, 0.29) is 10.6 Å². The normalized spacial score (nSPS) is 14.8.